The van der Waals surface area contributed by atoms with E-state index in [2.05, 4.69) is 9.72 Å². The van der Waals surface area contributed by atoms with E-state index in [0.29, 0.717) is 10.5 Å². The van der Waals surface area contributed by atoms with Gasteiger partial charge in [-0.3, -0.25) is 4.40 Å². The standard InChI is InChI=1S/C17H9Cl3F4N2O3/c1-28-14(27)6-29-11-2-7(10(21)3-8(11)18)15-9(19)4-12(17(22,23)24)26-13(20)5-25-16(15)26/h2-5H,6H2,1H3. The highest BCUT2D eigenvalue weighted by molar-refractivity contribution is 6.35. The molecule has 0 N–H and O–H groups in total. The third-order valence-electron chi connectivity index (χ3n) is 3.84. The lowest BCUT2D eigenvalue weighted by molar-refractivity contribution is -0.143. The molecule has 0 saturated carbocycles. The van der Waals surface area contributed by atoms with E-state index in [0.717, 1.165) is 25.4 Å². The molecule has 0 aliphatic heterocycles. The molecule has 29 heavy (non-hydrogen) atoms. The van der Waals surface area contributed by atoms with Crippen LogP contribution in [0.1, 0.15) is 5.69 Å². The molecule has 3 rings (SSSR count). The van der Waals surface area contributed by atoms with Gasteiger partial charge in [0, 0.05) is 11.1 Å². The first-order valence-electron chi connectivity index (χ1n) is 7.66. The number of carbonyl (C=O) groups excluding carboxylic acids is 1. The Bertz CT molecular complexity index is 1120. The van der Waals surface area contributed by atoms with Crippen LogP contribution in [-0.2, 0) is 15.7 Å². The maximum atomic E-state index is 14.6. The first kappa shape index (κ1) is 21.5. The lowest BCUT2D eigenvalue weighted by atomic mass is 10.0. The zero-order chi connectivity index (χ0) is 21.5. The Kier molecular flexibility index (Phi) is 5.84. The molecular formula is C17H9Cl3F4N2O3. The first-order valence-corrected chi connectivity index (χ1v) is 8.79. The van der Waals surface area contributed by atoms with E-state index < -0.39 is 35.3 Å². The van der Waals surface area contributed by atoms with Gasteiger partial charge in [-0.15, -0.1) is 0 Å². The van der Waals surface area contributed by atoms with Crippen molar-refractivity contribution < 1.29 is 31.8 Å². The summed E-state index contributed by atoms with van der Waals surface area (Å²) in [4.78, 5) is 15.1. The van der Waals surface area contributed by atoms with E-state index in [4.69, 9.17) is 39.5 Å². The Morgan fingerprint density at radius 1 is 1.17 bits per heavy atom. The van der Waals surface area contributed by atoms with Crippen LogP contribution >= 0.6 is 34.8 Å². The zero-order valence-electron chi connectivity index (χ0n) is 14.3. The van der Waals surface area contributed by atoms with Crippen molar-refractivity contribution in [2.24, 2.45) is 0 Å². The number of imidazole rings is 1. The summed E-state index contributed by atoms with van der Waals surface area (Å²) in [6.07, 6.45) is -3.81. The molecule has 2 aromatic heterocycles. The van der Waals surface area contributed by atoms with Gasteiger partial charge in [-0.1, -0.05) is 34.8 Å². The average molecular weight is 472 g/mol. The van der Waals surface area contributed by atoms with Crippen molar-refractivity contribution in [3.63, 3.8) is 0 Å². The van der Waals surface area contributed by atoms with E-state index in [1.54, 1.807) is 0 Å². The summed E-state index contributed by atoms with van der Waals surface area (Å²) in [7, 11) is 1.14. The fraction of sp³-hybridized carbons (Fsp3) is 0.176. The lowest BCUT2D eigenvalue weighted by Gasteiger charge is -2.16. The maximum Gasteiger partial charge on any atom is 0.431 e. The van der Waals surface area contributed by atoms with Gasteiger partial charge in [0.2, 0.25) is 0 Å². The molecule has 0 unspecified atom stereocenters. The number of aromatic nitrogens is 2. The number of halogens is 7. The molecule has 0 aliphatic rings. The topological polar surface area (TPSA) is 52.8 Å². The predicted molar refractivity (Wildman–Crippen MR) is 98.1 cm³/mol. The largest absolute Gasteiger partial charge is 0.480 e. The molecule has 0 radical (unpaired) electrons. The number of hydrogen-bond donors (Lipinski definition) is 0. The van der Waals surface area contributed by atoms with Gasteiger partial charge in [0.05, 0.1) is 23.4 Å². The number of carbonyl (C=O) groups is 1. The van der Waals surface area contributed by atoms with Gasteiger partial charge in [-0.2, -0.15) is 13.2 Å². The van der Waals surface area contributed by atoms with Crippen molar-refractivity contribution in [3.05, 3.63) is 51.1 Å². The van der Waals surface area contributed by atoms with Crippen molar-refractivity contribution in [2.45, 2.75) is 6.18 Å². The number of nitrogens with zero attached hydrogens (tertiary/aromatic N) is 2. The van der Waals surface area contributed by atoms with E-state index in [1.807, 2.05) is 0 Å². The molecule has 0 fully saturated rings. The van der Waals surface area contributed by atoms with Gasteiger partial charge in [-0.25, -0.2) is 14.2 Å². The van der Waals surface area contributed by atoms with Crippen LogP contribution < -0.4 is 4.74 Å². The normalized spacial score (nSPS) is 11.7. The lowest BCUT2D eigenvalue weighted by Crippen LogP contribution is -2.13. The predicted octanol–water partition coefficient (Wildman–Crippen LogP) is 5.67. The zero-order valence-corrected chi connectivity index (χ0v) is 16.5. The van der Waals surface area contributed by atoms with Gasteiger partial charge >= 0.3 is 12.1 Å². The molecule has 0 atom stereocenters. The number of ether oxygens (including phenoxy) is 2. The Morgan fingerprint density at radius 2 is 1.86 bits per heavy atom. The van der Waals surface area contributed by atoms with Crippen LogP contribution in [0.5, 0.6) is 5.75 Å². The molecule has 0 aliphatic carbocycles. The Balaban J connectivity index is 2.24. The minimum Gasteiger partial charge on any atom is -0.480 e. The van der Waals surface area contributed by atoms with Crippen LogP contribution in [-0.4, -0.2) is 29.1 Å². The second-order valence-electron chi connectivity index (χ2n) is 5.62. The number of methoxy groups -OCH3 is 1. The van der Waals surface area contributed by atoms with E-state index >= 15 is 0 Å². The summed E-state index contributed by atoms with van der Waals surface area (Å²) in [5, 5.41) is -0.940. The fourth-order valence-electron chi connectivity index (χ4n) is 2.58. The molecular weight excluding hydrogens is 463 g/mol. The van der Waals surface area contributed by atoms with Crippen molar-refractivity contribution in [1.29, 1.82) is 0 Å². The molecule has 0 bridgehead atoms. The third-order valence-corrected chi connectivity index (χ3v) is 4.70. The van der Waals surface area contributed by atoms with Gasteiger partial charge in [0.25, 0.3) is 0 Å². The molecule has 0 amide bonds. The second kappa shape index (κ2) is 7.89. The van der Waals surface area contributed by atoms with E-state index in [9.17, 15) is 22.4 Å². The number of fused-ring (bicyclic) bond motifs is 1. The molecule has 154 valence electrons. The summed E-state index contributed by atoms with van der Waals surface area (Å²) < 4.78 is 65.0. The van der Waals surface area contributed by atoms with Crippen LogP contribution in [0.4, 0.5) is 17.6 Å². The Hall–Kier alpha value is -2.23. The summed E-state index contributed by atoms with van der Waals surface area (Å²) in [5.74, 6) is -1.73. The van der Waals surface area contributed by atoms with Crippen molar-refractivity contribution in [2.75, 3.05) is 13.7 Å². The third kappa shape index (κ3) is 4.08. The number of benzene rings is 1. The van der Waals surface area contributed by atoms with Gasteiger partial charge in [0.15, 0.2) is 6.61 Å². The molecule has 3 aromatic rings. The molecule has 2 heterocycles. The minimum absolute atomic E-state index is 0.111. The highest BCUT2D eigenvalue weighted by Gasteiger charge is 2.36. The van der Waals surface area contributed by atoms with Crippen LogP contribution in [0.15, 0.2) is 24.4 Å². The van der Waals surface area contributed by atoms with Crippen LogP contribution in [0.3, 0.4) is 0 Å². The average Bonchev–Trinajstić information content (AvgIpc) is 3.01. The van der Waals surface area contributed by atoms with Gasteiger partial charge in [0.1, 0.15) is 28.1 Å². The van der Waals surface area contributed by atoms with Crippen molar-refractivity contribution in [3.8, 4) is 16.9 Å². The molecule has 12 heteroatoms. The minimum atomic E-state index is -4.79. The quantitative estimate of drug-likeness (QED) is 0.363. The van der Waals surface area contributed by atoms with Crippen molar-refractivity contribution >= 4 is 46.4 Å². The van der Waals surface area contributed by atoms with Crippen molar-refractivity contribution in [1.82, 2.24) is 9.38 Å². The molecule has 0 saturated heterocycles. The SMILES string of the molecule is COC(=O)COc1cc(-c2c(Cl)cc(C(F)(F)F)n3c(Cl)cnc23)c(F)cc1Cl. The number of alkyl halides is 3. The fourth-order valence-corrected chi connectivity index (χ4v) is 3.30. The number of esters is 1. The van der Waals surface area contributed by atoms with Gasteiger partial charge < -0.3 is 9.47 Å². The van der Waals surface area contributed by atoms with E-state index in [-0.39, 0.29) is 32.7 Å². The number of rotatable bonds is 4. The van der Waals surface area contributed by atoms with Gasteiger partial charge in [-0.05, 0) is 18.2 Å². The second-order valence-corrected chi connectivity index (χ2v) is 6.82. The van der Waals surface area contributed by atoms with Crippen LogP contribution in [0.25, 0.3) is 16.8 Å². The Labute approximate surface area is 175 Å². The Morgan fingerprint density at radius 3 is 2.48 bits per heavy atom. The van der Waals surface area contributed by atoms with Crippen LogP contribution in [0.2, 0.25) is 15.2 Å². The number of hydrogen-bond acceptors (Lipinski definition) is 4. The summed E-state index contributed by atoms with van der Waals surface area (Å²) >= 11 is 17.8. The monoisotopic (exact) mass is 470 g/mol. The highest BCUT2D eigenvalue weighted by atomic mass is 35.5. The van der Waals surface area contributed by atoms with E-state index in [1.165, 1.54) is 0 Å². The smallest absolute Gasteiger partial charge is 0.431 e. The summed E-state index contributed by atoms with van der Waals surface area (Å²) in [6.45, 7) is -0.521. The first-order chi connectivity index (χ1) is 13.5. The molecule has 5 nitrogen and oxygen atoms in total. The molecule has 1 aromatic carbocycles. The molecule has 0 spiro atoms. The maximum absolute atomic E-state index is 14.6. The highest BCUT2D eigenvalue weighted by Crippen LogP contribution is 2.42. The summed E-state index contributed by atoms with van der Waals surface area (Å²) in [5.41, 5.74) is -1.92. The summed E-state index contributed by atoms with van der Waals surface area (Å²) in [6, 6.07) is 2.58. The van der Waals surface area contributed by atoms with Crippen LogP contribution in [0, 0.1) is 5.82 Å². The number of pyridine rings is 1.